The van der Waals surface area contributed by atoms with E-state index in [0.29, 0.717) is 24.5 Å². The van der Waals surface area contributed by atoms with Gasteiger partial charge in [0.1, 0.15) is 0 Å². The van der Waals surface area contributed by atoms with Crippen LogP contribution in [-0.2, 0) is 10.0 Å². The summed E-state index contributed by atoms with van der Waals surface area (Å²) in [4.78, 5) is 4.61. The third kappa shape index (κ3) is 2.15. The number of sulfonamides is 1. The Hall–Kier alpha value is -0.670. The van der Waals surface area contributed by atoms with Crippen LogP contribution < -0.4 is 0 Å². The van der Waals surface area contributed by atoms with E-state index in [0.717, 1.165) is 0 Å². The van der Waals surface area contributed by atoms with Gasteiger partial charge in [-0.1, -0.05) is 11.6 Å². The minimum absolute atomic E-state index is 0.00246. The summed E-state index contributed by atoms with van der Waals surface area (Å²) in [6.45, 7) is 2.39. The second kappa shape index (κ2) is 4.96. The second-order valence-corrected chi connectivity index (χ2v) is 8.00. The molecule has 2 unspecified atom stereocenters. The van der Waals surface area contributed by atoms with Gasteiger partial charge in [-0.15, -0.1) is 11.3 Å². The molecule has 0 spiro atoms. The minimum atomic E-state index is -3.69. The number of halogens is 1. The van der Waals surface area contributed by atoms with Crippen LogP contribution in [0.5, 0.6) is 0 Å². The Morgan fingerprint density at radius 1 is 1.60 bits per heavy atom. The molecule has 2 aromatic heterocycles. The van der Waals surface area contributed by atoms with E-state index in [2.05, 4.69) is 4.98 Å². The molecule has 0 aromatic carbocycles. The third-order valence-electron chi connectivity index (χ3n) is 3.63. The highest BCUT2D eigenvalue weighted by Crippen LogP contribution is 2.31. The number of rotatable bonds is 3. The number of aromatic nitrogens is 2. The molecule has 0 amide bonds. The largest absolute Gasteiger partial charge is 0.393 e. The van der Waals surface area contributed by atoms with Crippen LogP contribution in [0.15, 0.2) is 16.6 Å². The zero-order chi connectivity index (χ0) is 14.5. The van der Waals surface area contributed by atoms with Gasteiger partial charge in [-0.25, -0.2) is 13.4 Å². The molecule has 0 aliphatic carbocycles. The standard InChI is InChI=1S/C11H14ClN3O3S2/c1-7(16)8-2-3-14(6-8)20(17,18)10-9(12)13-11-15(10)4-5-19-11/h4-5,7-8,16H,2-3,6H2,1H3. The van der Waals surface area contributed by atoms with Gasteiger partial charge in [0.15, 0.2) is 15.1 Å². The zero-order valence-electron chi connectivity index (χ0n) is 10.7. The van der Waals surface area contributed by atoms with Crippen LogP contribution in [0.1, 0.15) is 13.3 Å². The van der Waals surface area contributed by atoms with Crippen molar-refractivity contribution in [3.8, 4) is 0 Å². The molecule has 110 valence electrons. The first-order valence-electron chi connectivity index (χ1n) is 6.20. The molecular formula is C11H14ClN3O3S2. The number of fused-ring (bicyclic) bond motifs is 1. The predicted molar refractivity (Wildman–Crippen MR) is 76.6 cm³/mol. The predicted octanol–water partition coefficient (Wildman–Crippen LogP) is 1.44. The van der Waals surface area contributed by atoms with Gasteiger partial charge in [-0.2, -0.15) is 4.31 Å². The molecule has 3 rings (SSSR count). The summed E-state index contributed by atoms with van der Waals surface area (Å²) >= 11 is 7.32. The Morgan fingerprint density at radius 3 is 3.00 bits per heavy atom. The minimum Gasteiger partial charge on any atom is -0.393 e. The number of nitrogens with zero attached hydrogens (tertiary/aromatic N) is 3. The summed E-state index contributed by atoms with van der Waals surface area (Å²) in [6, 6.07) is 0. The van der Waals surface area contributed by atoms with E-state index in [-0.39, 0.29) is 16.1 Å². The van der Waals surface area contributed by atoms with E-state index in [9.17, 15) is 13.5 Å². The molecule has 3 heterocycles. The van der Waals surface area contributed by atoms with Crippen molar-refractivity contribution in [1.82, 2.24) is 13.7 Å². The fraction of sp³-hybridized carbons (Fsp3) is 0.545. The van der Waals surface area contributed by atoms with Crippen LogP contribution in [0.2, 0.25) is 5.15 Å². The molecule has 1 N–H and O–H groups in total. The Bertz CT molecular complexity index is 737. The van der Waals surface area contributed by atoms with E-state index in [1.807, 2.05) is 0 Å². The van der Waals surface area contributed by atoms with Crippen LogP contribution in [0.4, 0.5) is 0 Å². The average molecular weight is 336 g/mol. The van der Waals surface area contributed by atoms with Gasteiger partial charge < -0.3 is 5.11 Å². The number of hydrogen-bond acceptors (Lipinski definition) is 5. The summed E-state index contributed by atoms with van der Waals surface area (Å²) in [7, 11) is -3.69. The summed E-state index contributed by atoms with van der Waals surface area (Å²) in [5.41, 5.74) is 0. The molecule has 2 atom stereocenters. The molecule has 0 saturated carbocycles. The van der Waals surface area contributed by atoms with E-state index >= 15 is 0 Å². The Kier molecular flexibility index (Phi) is 3.54. The first-order chi connectivity index (χ1) is 9.41. The van der Waals surface area contributed by atoms with Crippen LogP contribution in [0.3, 0.4) is 0 Å². The maximum atomic E-state index is 12.7. The molecule has 1 aliphatic rings. The molecule has 1 saturated heterocycles. The lowest BCUT2D eigenvalue weighted by atomic mass is 10.0. The topological polar surface area (TPSA) is 74.9 Å². The summed E-state index contributed by atoms with van der Waals surface area (Å²) in [5, 5.41) is 11.4. The van der Waals surface area contributed by atoms with Gasteiger partial charge in [-0.3, -0.25) is 4.40 Å². The molecule has 9 heteroatoms. The number of hydrogen-bond donors (Lipinski definition) is 1. The molecule has 0 radical (unpaired) electrons. The molecule has 0 bridgehead atoms. The van der Waals surface area contributed by atoms with Crippen LogP contribution >= 0.6 is 22.9 Å². The monoisotopic (exact) mass is 335 g/mol. The normalized spacial score (nSPS) is 22.6. The van der Waals surface area contributed by atoms with Crippen molar-refractivity contribution in [2.24, 2.45) is 5.92 Å². The second-order valence-electron chi connectivity index (χ2n) is 4.92. The highest BCUT2D eigenvalue weighted by Gasteiger charge is 2.37. The molecule has 1 fully saturated rings. The highest BCUT2D eigenvalue weighted by molar-refractivity contribution is 7.89. The smallest absolute Gasteiger partial charge is 0.262 e. The van der Waals surface area contributed by atoms with Crippen molar-refractivity contribution in [1.29, 1.82) is 0 Å². The zero-order valence-corrected chi connectivity index (χ0v) is 13.1. The van der Waals surface area contributed by atoms with Crippen LogP contribution in [0, 0.1) is 5.92 Å². The third-order valence-corrected chi connectivity index (χ3v) is 6.65. The number of imidazole rings is 1. The van der Waals surface area contributed by atoms with Gasteiger partial charge in [-0.05, 0) is 19.3 Å². The van der Waals surface area contributed by atoms with E-state index in [1.54, 1.807) is 18.5 Å². The maximum Gasteiger partial charge on any atom is 0.262 e. The van der Waals surface area contributed by atoms with Gasteiger partial charge in [0, 0.05) is 24.7 Å². The SMILES string of the molecule is CC(O)C1CCN(S(=O)(=O)c2c(Cl)nc3sccn23)C1. The van der Waals surface area contributed by atoms with Crippen molar-refractivity contribution in [3.05, 3.63) is 16.7 Å². The van der Waals surface area contributed by atoms with Gasteiger partial charge in [0.25, 0.3) is 10.0 Å². The number of aliphatic hydroxyl groups is 1. The number of thiazole rings is 1. The van der Waals surface area contributed by atoms with E-state index in [4.69, 9.17) is 11.6 Å². The Labute approximate surface area is 125 Å². The Balaban J connectivity index is 2.00. The fourth-order valence-corrected chi connectivity index (χ4v) is 5.38. The van der Waals surface area contributed by atoms with Gasteiger partial charge >= 0.3 is 0 Å². The average Bonchev–Trinajstić information content (AvgIpc) is 3.00. The molecule has 1 aliphatic heterocycles. The molecular weight excluding hydrogens is 322 g/mol. The van der Waals surface area contributed by atoms with Crippen molar-refractivity contribution < 1.29 is 13.5 Å². The maximum absolute atomic E-state index is 12.7. The lowest BCUT2D eigenvalue weighted by molar-refractivity contribution is 0.133. The summed E-state index contributed by atoms with van der Waals surface area (Å²) < 4.78 is 28.3. The quantitative estimate of drug-likeness (QED) is 0.921. The lowest BCUT2D eigenvalue weighted by Crippen LogP contribution is -2.31. The van der Waals surface area contributed by atoms with Crippen LogP contribution in [-0.4, -0.2) is 46.4 Å². The lowest BCUT2D eigenvalue weighted by Gasteiger charge is -2.17. The highest BCUT2D eigenvalue weighted by atomic mass is 35.5. The number of aliphatic hydroxyl groups excluding tert-OH is 1. The summed E-state index contributed by atoms with van der Waals surface area (Å²) in [6.07, 6.45) is 1.78. The van der Waals surface area contributed by atoms with Crippen molar-refractivity contribution >= 4 is 37.9 Å². The molecule has 2 aromatic rings. The molecule has 20 heavy (non-hydrogen) atoms. The van der Waals surface area contributed by atoms with Gasteiger partial charge in [0.05, 0.1) is 6.10 Å². The van der Waals surface area contributed by atoms with E-state index in [1.165, 1.54) is 20.0 Å². The summed E-state index contributed by atoms with van der Waals surface area (Å²) in [5.74, 6) is -0.0329. The Morgan fingerprint density at radius 2 is 2.35 bits per heavy atom. The van der Waals surface area contributed by atoms with Crippen molar-refractivity contribution in [3.63, 3.8) is 0 Å². The first kappa shape index (κ1) is 14.3. The fourth-order valence-electron chi connectivity index (χ4n) is 2.46. The molecule has 6 nitrogen and oxygen atoms in total. The van der Waals surface area contributed by atoms with Gasteiger partial charge in [0.2, 0.25) is 0 Å². The van der Waals surface area contributed by atoms with Crippen molar-refractivity contribution in [2.75, 3.05) is 13.1 Å². The van der Waals surface area contributed by atoms with E-state index < -0.39 is 16.1 Å². The van der Waals surface area contributed by atoms with Crippen molar-refractivity contribution in [2.45, 2.75) is 24.5 Å². The first-order valence-corrected chi connectivity index (χ1v) is 8.90. The van der Waals surface area contributed by atoms with Crippen LogP contribution in [0.25, 0.3) is 4.96 Å².